The molecule has 2 atom stereocenters. The highest BCUT2D eigenvalue weighted by Crippen LogP contribution is 2.34. The van der Waals surface area contributed by atoms with Crippen LogP contribution in [0.1, 0.15) is 39.8 Å². The minimum absolute atomic E-state index is 0.168. The van der Waals surface area contributed by atoms with E-state index < -0.39 is 6.10 Å². The normalized spacial score (nSPS) is 21.0. The van der Waals surface area contributed by atoms with Crippen molar-refractivity contribution in [2.45, 2.75) is 32.4 Å². The third kappa shape index (κ3) is 2.74. The number of hydrogen-bond donors (Lipinski definition) is 1. The average Bonchev–Trinajstić information content (AvgIpc) is 2.99. The smallest absolute Gasteiger partial charge is 0.258 e. The molecular weight excluding hydrogens is 297 g/mol. The molecule has 122 valence electrons. The van der Waals surface area contributed by atoms with Gasteiger partial charge in [0.25, 0.3) is 5.91 Å². The minimum Gasteiger partial charge on any atom is -0.391 e. The van der Waals surface area contributed by atoms with Crippen molar-refractivity contribution >= 4 is 5.91 Å². The standard InChI is InChI=1S/C17H20FN3O2/c1-10-16(11(2)20(3)19-10)17(23)21-9-14(22)8-15(21)12-5-4-6-13(18)7-12/h4-7,14-15,22H,8-9H2,1-3H3/t14-,15-/m1/s1. The third-order valence-corrected chi connectivity index (χ3v) is 4.50. The van der Waals surface area contributed by atoms with Crippen molar-refractivity contribution in [1.82, 2.24) is 14.7 Å². The fourth-order valence-electron chi connectivity index (χ4n) is 3.29. The van der Waals surface area contributed by atoms with Gasteiger partial charge in [0.15, 0.2) is 0 Å². The van der Waals surface area contributed by atoms with Crippen molar-refractivity contribution in [2.75, 3.05) is 6.54 Å². The van der Waals surface area contributed by atoms with E-state index in [-0.39, 0.29) is 24.3 Å². The van der Waals surface area contributed by atoms with Crippen LogP contribution in [0.4, 0.5) is 4.39 Å². The van der Waals surface area contributed by atoms with Gasteiger partial charge in [-0.1, -0.05) is 12.1 Å². The molecule has 1 fully saturated rings. The summed E-state index contributed by atoms with van der Waals surface area (Å²) in [6, 6.07) is 5.88. The zero-order valence-corrected chi connectivity index (χ0v) is 13.5. The molecule has 0 spiro atoms. The van der Waals surface area contributed by atoms with Gasteiger partial charge in [0, 0.05) is 19.3 Å². The Balaban J connectivity index is 1.98. The van der Waals surface area contributed by atoms with Gasteiger partial charge in [0.05, 0.1) is 23.4 Å². The number of nitrogens with zero attached hydrogens (tertiary/aromatic N) is 3. The summed E-state index contributed by atoms with van der Waals surface area (Å²) in [5.74, 6) is -0.510. The Kier molecular flexibility index (Phi) is 3.93. The number of amides is 1. The van der Waals surface area contributed by atoms with Gasteiger partial charge in [-0.05, 0) is 38.0 Å². The minimum atomic E-state index is -0.607. The molecule has 6 heteroatoms. The maximum absolute atomic E-state index is 13.5. The molecule has 1 N–H and O–H groups in total. The Morgan fingerprint density at radius 3 is 2.74 bits per heavy atom. The number of carbonyl (C=O) groups excluding carboxylic acids is 1. The topological polar surface area (TPSA) is 58.4 Å². The number of carbonyl (C=O) groups is 1. The van der Waals surface area contributed by atoms with Crippen LogP contribution in [-0.2, 0) is 7.05 Å². The van der Waals surface area contributed by atoms with Gasteiger partial charge < -0.3 is 10.0 Å². The van der Waals surface area contributed by atoms with Crippen LogP contribution in [-0.4, -0.2) is 38.3 Å². The van der Waals surface area contributed by atoms with Crippen LogP contribution < -0.4 is 0 Å². The predicted molar refractivity (Wildman–Crippen MR) is 83.5 cm³/mol. The number of halogens is 1. The SMILES string of the molecule is Cc1nn(C)c(C)c1C(=O)N1C[C@H](O)C[C@@H]1c1cccc(F)c1. The largest absolute Gasteiger partial charge is 0.391 e. The van der Waals surface area contributed by atoms with E-state index in [0.717, 1.165) is 5.69 Å². The molecule has 1 amide bonds. The summed E-state index contributed by atoms with van der Waals surface area (Å²) >= 11 is 0. The lowest BCUT2D eigenvalue weighted by atomic mass is 10.0. The summed E-state index contributed by atoms with van der Waals surface area (Å²) in [6.45, 7) is 3.88. The van der Waals surface area contributed by atoms with Gasteiger partial charge in [-0.25, -0.2) is 4.39 Å². The molecule has 0 radical (unpaired) electrons. The van der Waals surface area contributed by atoms with Gasteiger partial charge in [-0.2, -0.15) is 5.10 Å². The predicted octanol–water partition coefficient (Wildman–Crippen LogP) is 2.12. The summed E-state index contributed by atoms with van der Waals surface area (Å²) in [6.07, 6.45) is -0.197. The molecule has 3 rings (SSSR count). The van der Waals surface area contributed by atoms with E-state index in [1.165, 1.54) is 12.1 Å². The van der Waals surface area contributed by atoms with Crippen molar-refractivity contribution in [2.24, 2.45) is 7.05 Å². The van der Waals surface area contributed by atoms with Crippen molar-refractivity contribution in [3.8, 4) is 0 Å². The molecule has 2 aromatic rings. The van der Waals surface area contributed by atoms with Gasteiger partial charge in [0.2, 0.25) is 0 Å². The maximum atomic E-state index is 13.5. The first-order valence-electron chi connectivity index (χ1n) is 7.63. The molecule has 0 bridgehead atoms. The van der Waals surface area contributed by atoms with Crippen LogP contribution in [0.25, 0.3) is 0 Å². The number of aliphatic hydroxyl groups is 1. The Morgan fingerprint density at radius 2 is 2.13 bits per heavy atom. The van der Waals surface area contributed by atoms with Gasteiger partial charge >= 0.3 is 0 Å². The van der Waals surface area contributed by atoms with Crippen molar-refractivity contribution in [3.05, 3.63) is 52.6 Å². The molecule has 1 aromatic carbocycles. The number of benzene rings is 1. The van der Waals surface area contributed by atoms with Crippen LogP contribution in [0.3, 0.4) is 0 Å². The van der Waals surface area contributed by atoms with E-state index >= 15 is 0 Å². The molecule has 1 aliphatic rings. The fraction of sp³-hybridized carbons (Fsp3) is 0.412. The van der Waals surface area contributed by atoms with E-state index in [9.17, 15) is 14.3 Å². The summed E-state index contributed by atoms with van der Waals surface area (Å²) in [7, 11) is 1.79. The van der Waals surface area contributed by atoms with Crippen LogP contribution in [0.2, 0.25) is 0 Å². The molecule has 5 nitrogen and oxygen atoms in total. The first-order valence-corrected chi connectivity index (χ1v) is 7.63. The lowest BCUT2D eigenvalue weighted by Gasteiger charge is -2.25. The monoisotopic (exact) mass is 317 g/mol. The number of β-amino-alcohol motifs (C(OH)–C–C–N with tert-alkyl or cyclic N) is 1. The molecular formula is C17H20FN3O2. The number of rotatable bonds is 2. The van der Waals surface area contributed by atoms with Crippen molar-refractivity contribution in [1.29, 1.82) is 0 Å². The number of likely N-dealkylation sites (tertiary alicyclic amines) is 1. The fourth-order valence-corrected chi connectivity index (χ4v) is 3.29. The molecule has 0 unspecified atom stereocenters. The number of hydrogen-bond acceptors (Lipinski definition) is 3. The van der Waals surface area contributed by atoms with Gasteiger partial charge in [-0.3, -0.25) is 9.48 Å². The summed E-state index contributed by atoms with van der Waals surface area (Å²) < 4.78 is 15.2. The van der Waals surface area contributed by atoms with Gasteiger partial charge in [0.1, 0.15) is 5.82 Å². The number of aromatic nitrogens is 2. The number of aryl methyl sites for hydroxylation is 2. The molecule has 1 aromatic heterocycles. The van der Waals surface area contributed by atoms with Crippen molar-refractivity contribution in [3.63, 3.8) is 0 Å². The molecule has 2 heterocycles. The zero-order chi connectivity index (χ0) is 16.7. The Bertz CT molecular complexity index is 756. The molecule has 23 heavy (non-hydrogen) atoms. The van der Waals surface area contributed by atoms with E-state index in [4.69, 9.17) is 0 Å². The van der Waals surface area contributed by atoms with Crippen molar-refractivity contribution < 1.29 is 14.3 Å². The van der Waals surface area contributed by atoms with Crippen LogP contribution >= 0.6 is 0 Å². The quantitative estimate of drug-likeness (QED) is 0.923. The van der Waals surface area contributed by atoms with E-state index in [0.29, 0.717) is 23.2 Å². The van der Waals surface area contributed by atoms with E-state index in [1.54, 1.807) is 35.7 Å². The highest BCUT2D eigenvalue weighted by atomic mass is 19.1. The van der Waals surface area contributed by atoms with Crippen LogP contribution in [0.5, 0.6) is 0 Å². The lowest BCUT2D eigenvalue weighted by molar-refractivity contribution is 0.0714. The highest BCUT2D eigenvalue weighted by Gasteiger charge is 2.37. The first-order chi connectivity index (χ1) is 10.9. The molecule has 1 saturated heterocycles. The summed E-state index contributed by atoms with van der Waals surface area (Å²) in [5.41, 5.74) is 2.71. The van der Waals surface area contributed by atoms with Crippen LogP contribution in [0, 0.1) is 19.7 Å². The summed E-state index contributed by atoms with van der Waals surface area (Å²) in [5, 5.41) is 14.3. The second-order valence-corrected chi connectivity index (χ2v) is 6.09. The van der Waals surface area contributed by atoms with E-state index in [1.807, 2.05) is 6.92 Å². The molecule has 0 aliphatic carbocycles. The number of aliphatic hydroxyl groups excluding tert-OH is 1. The average molecular weight is 317 g/mol. The second kappa shape index (κ2) is 5.77. The maximum Gasteiger partial charge on any atom is 0.258 e. The lowest BCUT2D eigenvalue weighted by Crippen LogP contribution is -2.32. The molecule has 0 saturated carbocycles. The molecule has 1 aliphatic heterocycles. The zero-order valence-electron chi connectivity index (χ0n) is 13.5. The van der Waals surface area contributed by atoms with Crippen LogP contribution in [0.15, 0.2) is 24.3 Å². The van der Waals surface area contributed by atoms with Gasteiger partial charge in [-0.15, -0.1) is 0 Å². The Hall–Kier alpha value is -2.21. The third-order valence-electron chi connectivity index (χ3n) is 4.50. The van der Waals surface area contributed by atoms with E-state index in [2.05, 4.69) is 5.10 Å². The second-order valence-electron chi connectivity index (χ2n) is 6.09. The Morgan fingerprint density at radius 1 is 1.39 bits per heavy atom. The highest BCUT2D eigenvalue weighted by molar-refractivity contribution is 5.97. The summed E-state index contributed by atoms with van der Waals surface area (Å²) in [4.78, 5) is 14.6. The Labute approximate surface area is 134 Å². The first kappa shape index (κ1) is 15.7.